The lowest BCUT2D eigenvalue weighted by atomic mass is 10.3. The van der Waals surface area contributed by atoms with Crippen LogP contribution in [0.15, 0.2) is 6.07 Å². The molecule has 1 aromatic rings. The highest BCUT2D eigenvalue weighted by atomic mass is 16.5. The van der Waals surface area contributed by atoms with Gasteiger partial charge in [0.15, 0.2) is 5.82 Å². The molecule has 0 saturated carbocycles. The number of hydrogen-bond acceptors (Lipinski definition) is 7. The first-order valence-electron chi connectivity index (χ1n) is 7.43. The minimum atomic E-state index is 0.386. The first kappa shape index (κ1) is 17.6. The number of nitrogen functional groups attached to an aromatic ring is 1. The second kappa shape index (κ2) is 9.49. The monoisotopic (exact) mass is 296 g/mol. The average Bonchev–Trinajstić information content (AvgIpc) is 2.48. The van der Waals surface area contributed by atoms with E-state index in [2.05, 4.69) is 46.5 Å². The van der Waals surface area contributed by atoms with Gasteiger partial charge in [0.05, 0.1) is 0 Å². The molecule has 120 valence electrons. The Morgan fingerprint density at radius 3 is 2.67 bits per heavy atom. The number of nitrogens with one attached hydrogen (secondary N) is 2. The number of anilines is 2. The summed E-state index contributed by atoms with van der Waals surface area (Å²) in [6.45, 7) is 9.24. The summed E-state index contributed by atoms with van der Waals surface area (Å²) in [4.78, 5) is 11.0. The molecule has 0 unspecified atom stereocenters. The van der Waals surface area contributed by atoms with E-state index in [4.69, 9.17) is 10.6 Å². The van der Waals surface area contributed by atoms with Gasteiger partial charge in [-0.15, -0.1) is 0 Å². The first-order valence-corrected chi connectivity index (χ1v) is 7.43. The fourth-order valence-electron chi connectivity index (χ4n) is 1.72. The maximum Gasteiger partial charge on any atom is 0.158 e. The number of aromatic nitrogens is 2. The number of hydrogen-bond donors (Lipinski definition) is 3. The van der Waals surface area contributed by atoms with Gasteiger partial charge in [-0.2, -0.15) is 0 Å². The Bertz CT molecular complexity index is 412. The second-order valence-electron chi connectivity index (χ2n) is 5.19. The van der Waals surface area contributed by atoms with Crippen LogP contribution in [0.4, 0.5) is 11.6 Å². The zero-order valence-corrected chi connectivity index (χ0v) is 13.5. The molecule has 0 aliphatic carbocycles. The summed E-state index contributed by atoms with van der Waals surface area (Å²) in [5.41, 5.74) is 2.55. The second-order valence-corrected chi connectivity index (χ2v) is 5.19. The molecule has 0 fully saturated rings. The van der Waals surface area contributed by atoms with Crippen LogP contribution in [0.3, 0.4) is 0 Å². The standard InChI is InChI=1S/C14H28N6O/c1-5-21-10-14-17-12(9-13(18-14)19-15)16-7-6-8-20(4)11(2)3/h9,11H,5-8,10,15H2,1-4H3,(H2,16,17,18,19). The van der Waals surface area contributed by atoms with Crippen molar-refractivity contribution in [1.29, 1.82) is 0 Å². The van der Waals surface area contributed by atoms with Crippen molar-refractivity contribution in [2.24, 2.45) is 5.84 Å². The van der Waals surface area contributed by atoms with Crippen LogP contribution in [0.2, 0.25) is 0 Å². The van der Waals surface area contributed by atoms with Crippen LogP contribution in [-0.4, -0.2) is 47.7 Å². The number of nitrogens with two attached hydrogens (primary N) is 1. The SMILES string of the molecule is CCOCc1nc(NN)cc(NCCCN(C)C(C)C)n1. The molecule has 0 radical (unpaired) electrons. The van der Waals surface area contributed by atoms with Crippen LogP contribution in [-0.2, 0) is 11.3 Å². The van der Waals surface area contributed by atoms with Crippen molar-refractivity contribution in [2.75, 3.05) is 37.5 Å². The van der Waals surface area contributed by atoms with Gasteiger partial charge >= 0.3 is 0 Å². The highest BCUT2D eigenvalue weighted by molar-refractivity contribution is 5.46. The van der Waals surface area contributed by atoms with E-state index in [9.17, 15) is 0 Å². The van der Waals surface area contributed by atoms with Gasteiger partial charge in [-0.05, 0) is 40.8 Å². The number of hydrazine groups is 1. The van der Waals surface area contributed by atoms with E-state index in [0.29, 0.717) is 30.9 Å². The Morgan fingerprint density at radius 1 is 1.33 bits per heavy atom. The Labute approximate surface area is 127 Å². The van der Waals surface area contributed by atoms with E-state index in [1.54, 1.807) is 6.07 Å². The van der Waals surface area contributed by atoms with Gasteiger partial charge in [-0.1, -0.05) is 0 Å². The van der Waals surface area contributed by atoms with Gasteiger partial charge in [0.1, 0.15) is 18.2 Å². The molecule has 0 bridgehead atoms. The molecular weight excluding hydrogens is 268 g/mol. The summed E-state index contributed by atoms with van der Waals surface area (Å²) in [6, 6.07) is 2.36. The molecule has 0 saturated heterocycles. The average molecular weight is 296 g/mol. The molecule has 4 N–H and O–H groups in total. The fraction of sp³-hybridized carbons (Fsp3) is 0.714. The summed E-state index contributed by atoms with van der Waals surface area (Å²) in [5, 5.41) is 3.30. The van der Waals surface area contributed by atoms with E-state index < -0.39 is 0 Å². The van der Waals surface area contributed by atoms with Crippen LogP contribution >= 0.6 is 0 Å². The molecule has 1 aromatic heterocycles. The highest BCUT2D eigenvalue weighted by Crippen LogP contribution is 2.11. The van der Waals surface area contributed by atoms with Crippen molar-refractivity contribution >= 4 is 11.6 Å². The summed E-state index contributed by atoms with van der Waals surface area (Å²) >= 11 is 0. The number of nitrogens with zero attached hydrogens (tertiary/aromatic N) is 3. The van der Waals surface area contributed by atoms with Gasteiger partial charge in [-0.3, -0.25) is 0 Å². The molecule has 1 rings (SSSR count). The fourth-order valence-corrected chi connectivity index (χ4v) is 1.72. The van der Waals surface area contributed by atoms with Crippen LogP contribution in [0.5, 0.6) is 0 Å². The maximum absolute atomic E-state index is 5.43. The summed E-state index contributed by atoms with van der Waals surface area (Å²) in [6.07, 6.45) is 1.05. The van der Waals surface area contributed by atoms with Crippen LogP contribution in [0, 0.1) is 0 Å². The van der Waals surface area contributed by atoms with E-state index in [1.165, 1.54) is 0 Å². The molecule has 7 heteroatoms. The Balaban J connectivity index is 2.49. The lowest BCUT2D eigenvalue weighted by Crippen LogP contribution is -2.28. The van der Waals surface area contributed by atoms with Crippen molar-refractivity contribution in [3.63, 3.8) is 0 Å². The van der Waals surface area contributed by atoms with Gasteiger partial charge < -0.3 is 20.4 Å². The van der Waals surface area contributed by atoms with Crippen LogP contribution in [0.1, 0.15) is 33.0 Å². The van der Waals surface area contributed by atoms with Gasteiger partial charge in [0.2, 0.25) is 0 Å². The number of rotatable bonds is 10. The van der Waals surface area contributed by atoms with E-state index in [0.717, 1.165) is 25.3 Å². The largest absolute Gasteiger partial charge is 0.374 e. The van der Waals surface area contributed by atoms with Crippen molar-refractivity contribution in [1.82, 2.24) is 14.9 Å². The molecule has 7 nitrogen and oxygen atoms in total. The molecule has 0 amide bonds. The smallest absolute Gasteiger partial charge is 0.158 e. The van der Waals surface area contributed by atoms with Gasteiger partial charge in [0.25, 0.3) is 0 Å². The van der Waals surface area contributed by atoms with Crippen molar-refractivity contribution in [3.05, 3.63) is 11.9 Å². The molecule has 0 aromatic carbocycles. The highest BCUT2D eigenvalue weighted by Gasteiger charge is 2.05. The third-order valence-electron chi connectivity index (χ3n) is 3.23. The normalized spacial score (nSPS) is 11.2. The first-order chi connectivity index (χ1) is 10.1. The summed E-state index contributed by atoms with van der Waals surface area (Å²) in [7, 11) is 2.13. The summed E-state index contributed by atoms with van der Waals surface area (Å²) in [5.74, 6) is 7.40. The van der Waals surface area contributed by atoms with Crippen LogP contribution in [0.25, 0.3) is 0 Å². The molecule has 0 aliphatic rings. The predicted octanol–water partition coefficient (Wildman–Crippen LogP) is 1.44. The molecule has 21 heavy (non-hydrogen) atoms. The van der Waals surface area contributed by atoms with Crippen molar-refractivity contribution < 1.29 is 4.74 Å². The van der Waals surface area contributed by atoms with E-state index in [1.807, 2.05) is 6.92 Å². The number of ether oxygens (including phenoxy) is 1. The zero-order chi connectivity index (χ0) is 15.7. The minimum Gasteiger partial charge on any atom is -0.374 e. The molecule has 1 heterocycles. The summed E-state index contributed by atoms with van der Waals surface area (Å²) < 4.78 is 5.33. The maximum atomic E-state index is 5.43. The third-order valence-corrected chi connectivity index (χ3v) is 3.23. The molecular formula is C14H28N6O. The van der Waals surface area contributed by atoms with E-state index in [-0.39, 0.29) is 0 Å². The van der Waals surface area contributed by atoms with Gasteiger partial charge in [0, 0.05) is 25.3 Å². The predicted molar refractivity (Wildman–Crippen MR) is 86.0 cm³/mol. The minimum absolute atomic E-state index is 0.386. The lowest BCUT2D eigenvalue weighted by Gasteiger charge is -2.20. The lowest BCUT2D eigenvalue weighted by molar-refractivity contribution is 0.128. The van der Waals surface area contributed by atoms with Crippen LogP contribution < -0.4 is 16.6 Å². The topological polar surface area (TPSA) is 88.3 Å². The van der Waals surface area contributed by atoms with E-state index >= 15 is 0 Å². The van der Waals surface area contributed by atoms with Crippen molar-refractivity contribution in [3.8, 4) is 0 Å². The third kappa shape index (κ3) is 6.70. The Hall–Kier alpha value is -1.44. The van der Waals surface area contributed by atoms with Gasteiger partial charge in [-0.25, -0.2) is 15.8 Å². The molecule has 0 spiro atoms. The Kier molecular flexibility index (Phi) is 7.96. The zero-order valence-electron chi connectivity index (χ0n) is 13.5. The molecule has 0 atom stereocenters. The molecule has 0 aliphatic heterocycles. The quantitative estimate of drug-likeness (QED) is 0.342. The van der Waals surface area contributed by atoms with Crippen molar-refractivity contribution in [2.45, 2.75) is 39.8 Å². The Morgan fingerprint density at radius 2 is 2.05 bits per heavy atom.